The lowest BCUT2D eigenvalue weighted by atomic mass is 10.1. The molecular formula is C13H12N4O3. The second-order valence-electron chi connectivity index (χ2n) is 3.91. The molecule has 0 fully saturated rings. The maximum Gasteiger partial charge on any atom is 0.269 e. The molecule has 0 unspecified atom stereocenters. The van der Waals surface area contributed by atoms with Crippen LogP contribution in [0, 0.1) is 32.8 Å². The minimum atomic E-state index is -0.544. The van der Waals surface area contributed by atoms with E-state index in [2.05, 4.69) is 0 Å². The molecule has 20 heavy (non-hydrogen) atoms. The van der Waals surface area contributed by atoms with Gasteiger partial charge in [0.2, 0.25) is 0 Å². The molecule has 0 saturated heterocycles. The summed E-state index contributed by atoms with van der Waals surface area (Å²) in [4.78, 5) is 23.6. The standard InChI is InChI=1S/C13H12N4O3/c14-7-1-9-16(10-2-8-15)13(18)11-3-5-12(6-4-11)17(19)20/h3-6H,1-2,9-10H2. The van der Waals surface area contributed by atoms with Crippen LogP contribution in [0.15, 0.2) is 24.3 Å². The summed E-state index contributed by atoms with van der Waals surface area (Å²) >= 11 is 0. The van der Waals surface area contributed by atoms with E-state index < -0.39 is 4.92 Å². The summed E-state index contributed by atoms with van der Waals surface area (Å²) in [6.45, 7) is 0.460. The number of non-ortho nitro benzene ring substituents is 1. The van der Waals surface area contributed by atoms with E-state index in [-0.39, 0.29) is 37.5 Å². The van der Waals surface area contributed by atoms with E-state index in [1.807, 2.05) is 12.1 Å². The average Bonchev–Trinajstić information content (AvgIpc) is 2.47. The van der Waals surface area contributed by atoms with Crippen molar-refractivity contribution in [3.63, 3.8) is 0 Å². The zero-order valence-electron chi connectivity index (χ0n) is 10.7. The van der Waals surface area contributed by atoms with Crippen molar-refractivity contribution < 1.29 is 9.72 Å². The van der Waals surface area contributed by atoms with Crippen molar-refractivity contribution in [2.75, 3.05) is 13.1 Å². The Bertz CT molecular complexity index is 551. The van der Waals surface area contributed by atoms with Crippen molar-refractivity contribution >= 4 is 11.6 Å². The molecule has 1 rings (SSSR count). The molecule has 0 spiro atoms. The first kappa shape index (κ1) is 15.1. The molecule has 0 aliphatic carbocycles. The fourth-order valence-electron chi connectivity index (χ4n) is 1.59. The molecule has 0 atom stereocenters. The first-order valence-corrected chi connectivity index (χ1v) is 5.87. The fourth-order valence-corrected chi connectivity index (χ4v) is 1.59. The molecule has 7 heteroatoms. The highest BCUT2D eigenvalue weighted by molar-refractivity contribution is 5.94. The van der Waals surface area contributed by atoms with Crippen LogP contribution in [0.3, 0.4) is 0 Å². The zero-order valence-corrected chi connectivity index (χ0v) is 10.7. The Morgan fingerprint density at radius 3 is 2.05 bits per heavy atom. The molecule has 0 bridgehead atoms. The van der Waals surface area contributed by atoms with Gasteiger partial charge in [0.05, 0.1) is 29.9 Å². The largest absolute Gasteiger partial charge is 0.337 e. The van der Waals surface area contributed by atoms with Crippen molar-refractivity contribution in [2.24, 2.45) is 0 Å². The van der Waals surface area contributed by atoms with E-state index in [9.17, 15) is 14.9 Å². The van der Waals surface area contributed by atoms with E-state index in [0.717, 1.165) is 0 Å². The molecule has 0 radical (unpaired) electrons. The number of hydrogen-bond donors (Lipinski definition) is 0. The third-order valence-electron chi connectivity index (χ3n) is 2.60. The molecule has 7 nitrogen and oxygen atoms in total. The highest BCUT2D eigenvalue weighted by atomic mass is 16.6. The summed E-state index contributed by atoms with van der Waals surface area (Å²) in [7, 11) is 0. The summed E-state index contributed by atoms with van der Waals surface area (Å²) in [6, 6.07) is 9.11. The normalized spacial score (nSPS) is 9.30. The number of carbonyl (C=O) groups is 1. The molecule has 0 N–H and O–H groups in total. The van der Waals surface area contributed by atoms with E-state index in [1.54, 1.807) is 0 Å². The van der Waals surface area contributed by atoms with Crippen LogP contribution in [0.2, 0.25) is 0 Å². The summed E-state index contributed by atoms with van der Waals surface area (Å²) in [5.41, 5.74) is 0.202. The summed E-state index contributed by atoms with van der Waals surface area (Å²) in [5, 5.41) is 27.7. The maximum absolute atomic E-state index is 12.2. The number of rotatable bonds is 6. The monoisotopic (exact) mass is 272 g/mol. The summed E-state index contributed by atoms with van der Waals surface area (Å²) in [6.07, 6.45) is 0.342. The average molecular weight is 272 g/mol. The first-order valence-electron chi connectivity index (χ1n) is 5.87. The van der Waals surface area contributed by atoms with Gasteiger partial charge in [0.15, 0.2) is 0 Å². The van der Waals surface area contributed by atoms with E-state index in [1.165, 1.54) is 29.2 Å². The summed E-state index contributed by atoms with van der Waals surface area (Å²) < 4.78 is 0. The number of nitriles is 2. The molecule has 0 aliphatic heterocycles. The van der Waals surface area contributed by atoms with Crippen LogP contribution in [0.1, 0.15) is 23.2 Å². The first-order chi connectivity index (χ1) is 9.60. The number of nitro groups is 1. The maximum atomic E-state index is 12.2. The highest BCUT2D eigenvalue weighted by Gasteiger charge is 2.16. The molecule has 0 aromatic heterocycles. The van der Waals surface area contributed by atoms with Gasteiger partial charge < -0.3 is 4.90 Å². The van der Waals surface area contributed by atoms with Crippen LogP contribution in [0.25, 0.3) is 0 Å². The van der Waals surface area contributed by atoms with Crippen LogP contribution in [0.4, 0.5) is 5.69 Å². The molecule has 0 aliphatic rings. The molecule has 102 valence electrons. The lowest BCUT2D eigenvalue weighted by Gasteiger charge is -2.20. The fraction of sp³-hybridized carbons (Fsp3) is 0.308. The topological polar surface area (TPSA) is 111 Å². The Hall–Kier alpha value is -2.93. The van der Waals surface area contributed by atoms with Gasteiger partial charge >= 0.3 is 0 Å². The van der Waals surface area contributed by atoms with Gasteiger partial charge in [-0.1, -0.05) is 0 Å². The SMILES string of the molecule is N#CCCN(CCC#N)C(=O)c1ccc([N+](=O)[O-])cc1. The highest BCUT2D eigenvalue weighted by Crippen LogP contribution is 2.14. The van der Waals surface area contributed by atoms with Gasteiger partial charge in [-0.15, -0.1) is 0 Å². The Kier molecular flexibility index (Phi) is 5.67. The molecule has 1 aromatic carbocycles. The number of hydrogen-bond acceptors (Lipinski definition) is 5. The van der Waals surface area contributed by atoms with Gasteiger partial charge in [-0.05, 0) is 12.1 Å². The third kappa shape index (κ3) is 4.07. The van der Waals surface area contributed by atoms with Crippen LogP contribution in [-0.2, 0) is 0 Å². The number of nitrogens with zero attached hydrogens (tertiary/aromatic N) is 4. The second-order valence-corrected chi connectivity index (χ2v) is 3.91. The minimum absolute atomic E-state index is 0.0952. The van der Waals surface area contributed by atoms with Gasteiger partial charge in [-0.3, -0.25) is 14.9 Å². The van der Waals surface area contributed by atoms with Gasteiger partial charge in [-0.25, -0.2) is 0 Å². The molecule has 1 amide bonds. The van der Waals surface area contributed by atoms with E-state index >= 15 is 0 Å². The van der Waals surface area contributed by atoms with Crippen molar-refractivity contribution in [3.05, 3.63) is 39.9 Å². The second kappa shape index (κ2) is 7.49. The van der Waals surface area contributed by atoms with Gasteiger partial charge in [-0.2, -0.15) is 10.5 Å². The minimum Gasteiger partial charge on any atom is -0.337 e. The van der Waals surface area contributed by atoms with Crippen LogP contribution < -0.4 is 0 Å². The lowest BCUT2D eigenvalue weighted by Crippen LogP contribution is -2.32. The van der Waals surface area contributed by atoms with Gasteiger partial charge in [0.1, 0.15) is 0 Å². The molecule has 0 heterocycles. The molecular weight excluding hydrogens is 260 g/mol. The predicted molar refractivity (Wildman–Crippen MR) is 69.5 cm³/mol. The smallest absolute Gasteiger partial charge is 0.269 e. The quantitative estimate of drug-likeness (QED) is 0.579. The molecule has 0 saturated carbocycles. The van der Waals surface area contributed by atoms with Crippen LogP contribution in [-0.4, -0.2) is 28.8 Å². The van der Waals surface area contributed by atoms with E-state index in [0.29, 0.717) is 5.56 Å². The number of nitro benzene ring substituents is 1. The third-order valence-corrected chi connectivity index (χ3v) is 2.60. The molecule has 1 aromatic rings. The zero-order chi connectivity index (χ0) is 15.0. The number of amides is 1. The number of carbonyl (C=O) groups excluding carboxylic acids is 1. The van der Waals surface area contributed by atoms with Gasteiger partial charge in [0.25, 0.3) is 11.6 Å². The van der Waals surface area contributed by atoms with Crippen molar-refractivity contribution in [1.29, 1.82) is 10.5 Å². The van der Waals surface area contributed by atoms with Crippen LogP contribution in [0.5, 0.6) is 0 Å². The lowest BCUT2D eigenvalue weighted by molar-refractivity contribution is -0.384. The Morgan fingerprint density at radius 1 is 1.15 bits per heavy atom. The predicted octanol–water partition coefficient (Wildman–Crippen LogP) is 1.86. The Morgan fingerprint density at radius 2 is 1.65 bits per heavy atom. The van der Waals surface area contributed by atoms with Crippen molar-refractivity contribution in [3.8, 4) is 12.1 Å². The van der Waals surface area contributed by atoms with Crippen molar-refractivity contribution in [2.45, 2.75) is 12.8 Å². The van der Waals surface area contributed by atoms with Crippen LogP contribution >= 0.6 is 0 Å². The Balaban J connectivity index is 2.85. The van der Waals surface area contributed by atoms with Crippen molar-refractivity contribution in [1.82, 2.24) is 4.90 Å². The van der Waals surface area contributed by atoms with E-state index in [4.69, 9.17) is 10.5 Å². The summed E-state index contributed by atoms with van der Waals surface area (Å²) in [5.74, 6) is -0.342. The number of benzene rings is 1. The Labute approximate surface area is 115 Å². The van der Waals surface area contributed by atoms with Gasteiger partial charge in [0, 0.05) is 30.8 Å².